The van der Waals surface area contributed by atoms with Crippen LogP contribution in [0.5, 0.6) is 0 Å². The Labute approximate surface area is 121 Å². The van der Waals surface area contributed by atoms with E-state index in [0.29, 0.717) is 0 Å². The molecule has 0 N–H and O–H groups in total. The molecule has 0 aliphatic carbocycles. The van der Waals surface area contributed by atoms with Crippen molar-refractivity contribution < 1.29 is 9.53 Å². The van der Waals surface area contributed by atoms with Crippen LogP contribution in [0.2, 0.25) is 0 Å². The molecular weight excluding hydrogens is 341 g/mol. The van der Waals surface area contributed by atoms with Crippen LogP contribution in [0, 0.1) is 0 Å². The molecule has 0 amide bonds. The standard InChI is InChI=1S/C14H16INO2/c1-14(2,16-10-6-9-15)13(17)18-11-12-7-4-3-5-8-12/h3-10H,11H2,1-2H3/b9-6-,16-10?. The van der Waals surface area contributed by atoms with Gasteiger partial charge in [-0.2, -0.15) is 0 Å². The maximum atomic E-state index is 11.9. The van der Waals surface area contributed by atoms with Gasteiger partial charge in [-0.1, -0.05) is 52.9 Å². The first kappa shape index (κ1) is 14.9. The van der Waals surface area contributed by atoms with Crippen molar-refractivity contribution in [2.24, 2.45) is 4.99 Å². The highest BCUT2D eigenvalue weighted by Gasteiger charge is 2.27. The molecule has 0 aromatic heterocycles. The van der Waals surface area contributed by atoms with E-state index in [9.17, 15) is 4.79 Å². The van der Waals surface area contributed by atoms with Gasteiger partial charge >= 0.3 is 5.97 Å². The van der Waals surface area contributed by atoms with Crippen LogP contribution in [-0.2, 0) is 16.1 Å². The summed E-state index contributed by atoms with van der Waals surface area (Å²) in [6.07, 6.45) is 3.38. The van der Waals surface area contributed by atoms with Gasteiger partial charge in [0.25, 0.3) is 0 Å². The number of esters is 1. The number of aliphatic imine (C=N–C) groups is 1. The molecule has 18 heavy (non-hydrogen) atoms. The summed E-state index contributed by atoms with van der Waals surface area (Å²) in [5.74, 6) is -0.329. The van der Waals surface area contributed by atoms with Crippen LogP contribution in [0.25, 0.3) is 0 Å². The van der Waals surface area contributed by atoms with Crippen LogP contribution in [0.15, 0.2) is 45.5 Å². The SMILES string of the molecule is CC(C)(N=C/C=C\I)C(=O)OCc1ccccc1. The zero-order valence-corrected chi connectivity index (χ0v) is 12.6. The van der Waals surface area contributed by atoms with Gasteiger partial charge in [-0.25, -0.2) is 4.79 Å². The molecule has 0 saturated heterocycles. The fraction of sp³-hybridized carbons (Fsp3) is 0.286. The zero-order chi connectivity index (χ0) is 13.4. The smallest absolute Gasteiger partial charge is 0.333 e. The Kier molecular flexibility index (Phi) is 6.04. The quantitative estimate of drug-likeness (QED) is 0.459. The van der Waals surface area contributed by atoms with Crippen molar-refractivity contribution in [2.45, 2.75) is 26.0 Å². The Bertz CT molecular complexity index is 438. The molecule has 0 unspecified atom stereocenters. The van der Waals surface area contributed by atoms with E-state index in [2.05, 4.69) is 27.6 Å². The van der Waals surface area contributed by atoms with Gasteiger partial charge in [0, 0.05) is 6.21 Å². The molecule has 1 aromatic carbocycles. The molecule has 1 rings (SSSR count). The lowest BCUT2D eigenvalue weighted by atomic mass is 10.1. The lowest BCUT2D eigenvalue weighted by Crippen LogP contribution is -2.31. The minimum atomic E-state index is -0.856. The monoisotopic (exact) mass is 357 g/mol. The molecule has 0 fully saturated rings. The van der Waals surface area contributed by atoms with Gasteiger partial charge in [0.05, 0.1) is 0 Å². The summed E-state index contributed by atoms with van der Waals surface area (Å²) in [5.41, 5.74) is 0.114. The number of hydrogen-bond donors (Lipinski definition) is 0. The Morgan fingerprint density at radius 3 is 2.67 bits per heavy atom. The van der Waals surface area contributed by atoms with E-state index in [1.165, 1.54) is 0 Å². The van der Waals surface area contributed by atoms with Gasteiger partial charge in [-0.05, 0) is 29.6 Å². The van der Waals surface area contributed by atoms with Crippen LogP contribution in [-0.4, -0.2) is 17.7 Å². The lowest BCUT2D eigenvalue weighted by molar-refractivity contribution is -0.150. The third kappa shape index (κ3) is 5.00. The predicted octanol–water partition coefficient (Wildman–Crippen LogP) is 3.53. The van der Waals surface area contributed by atoms with E-state index in [-0.39, 0.29) is 12.6 Å². The van der Waals surface area contributed by atoms with E-state index >= 15 is 0 Å². The number of ether oxygens (including phenoxy) is 1. The van der Waals surface area contributed by atoms with Crippen molar-refractivity contribution >= 4 is 34.8 Å². The Morgan fingerprint density at radius 1 is 1.39 bits per heavy atom. The number of nitrogens with zero attached hydrogens (tertiary/aromatic N) is 1. The summed E-state index contributed by atoms with van der Waals surface area (Å²) in [7, 11) is 0. The van der Waals surface area contributed by atoms with Crippen molar-refractivity contribution in [3.8, 4) is 0 Å². The number of carbonyl (C=O) groups is 1. The third-order valence-electron chi connectivity index (χ3n) is 2.27. The summed E-state index contributed by atoms with van der Waals surface area (Å²) in [4.78, 5) is 16.0. The molecule has 0 aliphatic rings. The summed E-state index contributed by atoms with van der Waals surface area (Å²) in [5, 5.41) is 0. The highest BCUT2D eigenvalue weighted by atomic mass is 127. The average Bonchev–Trinajstić information content (AvgIpc) is 2.37. The average molecular weight is 357 g/mol. The van der Waals surface area contributed by atoms with Crippen LogP contribution >= 0.6 is 22.6 Å². The lowest BCUT2D eigenvalue weighted by Gasteiger charge is -2.17. The van der Waals surface area contributed by atoms with Crippen LogP contribution in [0.1, 0.15) is 19.4 Å². The second-order valence-electron chi connectivity index (χ2n) is 4.22. The minimum Gasteiger partial charge on any atom is -0.459 e. The van der Waals surface area contributed by atoms with Gasteiger partial charge < -0.3 is 4.74 Å². The topological polar surface area (TPSA) is 38.7 Å². The molecule has 0 aliphatic heterocycles. The fourth-order valence-electron chi connectivity index (χ4n) is 1.21. The first-order valence-corrected chi connectivity index (χ1v) is 6.82. The molecule has 4 heteroatoms. The van der Waals surface area contributed by atoms with E-state index in [0.717, 1.165) is 5.56 Å². The molecule has 0 bridgehead atoms. The van der Waals surface area contributed by atoms with Crippen molar-refractivity contribution in [1.82, 2.24) is 0 Å². The molecule has 0 atom stereocenters. The first-order chi connectivity index (χ1) is 8.56. The van der Waals surface area contributed by atoms with Gasteiger partial charge in [0.15, 0.2) is 5.54 Å². The molecule has 0 saturated carbocycles. The Morgan fingerprint density at radius 2 is 2.06 bits per heavy atom. The first-order valence-electron chi connectivity index (χ1n) is 5.58. The highest BCUT2D eigenvalue weighted by Crippen LogP contribution is 2.12. The normalized spacial score (nSPS) is 12.2. The van der Waals surface area contributed by atoms with Gasteiger partial charge in [-0.15, -0.1) is 0 Å². The Balaban J connectivity index is 2.54. The maximum absolute atomic E-state index is 11.9. The van der Waals surface area contributed by atoms with Crippen molar-refractivity contribution in [3.05, 3.63) is 46.1 Å². The van der Waals surface area contributed by atoms with E-state index in [4.69, 9.17) is 4.74 Å². The molecule has 1 aromatic rings. The summed E-state index contributed by atoms with van der Waals surface area (Å²) in [6, 6.07) is 9.59. The largest absolute Gasteiger partial charge is 0.459 e. The number of benzene rings is 1. The van der Waals surface area contributed by atoms with Gasteiger partial charge in [0.1, 0.15) is 6.61 Å². The van der Waals surface area contributed by atoms with Crippen LogP contribution < -0.4 is 0 Å². The molecule has 3 nitrogen and oxygen atoms in total. The van der Waals surface area contributed by atoms with E-state index < -0.39 is 5.54 Å². The molecule has 0 spiro atoms. The Hall–Kier alpha value is -1.17. The summed E-state index contributed by atoms with van der Waals surface area (Å²) in [6.45, 7) is 3.75. The van der Waals surface area contributed by atoms with Crippen LogP contribution in [0.3, 0.4) is 0 Å². The summed E-state index contributed by atoms with van der Waals surface area (Å²) >= 11 is 2.09. The van der Waals surface area contributed by atoms with Crippen molar-refractivity contribution in [3.63, 3.8) is 0 Å². The van der Waals surface area contributed by atoms with E-state index in [1.54, 1.807) is 26.1 Å². The van der Waals surface area contributed by atoms with E-state index in [1.807, 2.05) is 34.4 Å². The minimum absolute atomic E-state index is 0.279. The zero-order valence-electron chi connectivity index (χ0n) is 10.5. The highest BCUT2D eigenvalue weighted by molar-refractivity contribution is 14.1. The van der Waals surface area contributed by atoms with Crippen LogP contribution in [0.4, 0.5) is 0 Å². The second kappa shape index (κ2) is 7.31. The van der Waals surface area contributed by atoms with Crippen molar-refractivity contribution in [1.29, 1.82) is 0 Å². The second-order valence-corrected chi connectivity index (χ2v) is 4.94. The number of halogens is 1. The number of allylic oxidation sites excluding steroid dienone is 1. The predicted molar refractivity (Wildman–Crippen MR) is 82.0 cm³/mol. The molecule has 0 radical (unpaired) electrons. The van der Waals surface area contributed by atoms with Crippen molar-refractivity contribution in [2.75, 3.05) is 0 Å². The molecule has 96 valence electrons. The maximum Gasteiger partial charge on any atom is 0.333 e. The third-order valence-corrected chi connectivity index (χ3v) is 2.68. The fourth-order valence-corrected chi connectivity index (χ4v) is 1.40. The van der Waals surface area contributed by atoms with Gasteiger partial charge in [0.2, 0.25) is 0 Å². The molecular formula is C14H16INO2. The summed E-state index contributed by atoms with van der Waals surface area (Å²) < 4.78 is 7.07. The number of rotatable bonds is 5. The molecule has 0 heterocycles. The number of hydrogen-bond acceptors (Lipinski definition) is 3. The number of carbonyl (C=O) groups excluding carboxylic acids is 1. The van der Waals surface area contributed by atoms with Gasteiger partial charge in [-0.3, -0.25) is 4.99 Å².